The van der Waals surface area contributed by atoms with Crippen LogP contribution in [0, 0.1) is 0 Å². The minimum Gasteiger partial charge on any atom is -0.481 e. The lowest BCUT2D eigenvalue weighted by Crippen LogP contribution is -2.37. The van der Waals surface area contributed by atoms with Gasteiger partial charge in [-0.25, -0.2) is 0 Å². The van der Waals surface area contributed by atoms with Gasteiger partial charge in [-0.15, -0.1) is 0 Å². The molecule has 2 aromatic rings. The van der Waals surface area contributed by atoms with Gasteiger partial charge in [0.15, 0.2) is 6.10 Å². The lowest BCUT2D eigenvalue weighted by atomic mass is 10.0. The quantitative estimate of drug-likeness (QED) is 0.751. The molecule has 0 saturated carbocycles. The molecule has 1 N–H and O–H groups in total. The van der Waals surface area contributed by atoms with E-state index in [9.17, 15) is 4.79 Å². The molecule has 0 spiro atoms. The summed E-state index contributed by atoms with van der Waals surface area (Å²) in [5.74, 6) is 1.98. The van der Waals surface area contributed by atoms with Crippen LogP contribution >= 0.6 is 0 Å². The van der Waals surface area contributed by atoms with E-state index in [1.54, 1.807) is 13.2 Å². The van der Waals surface area contributed by atoms with E-state index in [-0.39, 0.29) is 5.91 Å². The van der Waals surface area contributed by atoms with Crippen molar-refractivity contribution >= 4 is 5.91 Å². The molecule has 1 atom stereocenters. The third-order valence-corrected chi connectivity index (χ3v) is 3.69. The normalized spacial score (nSPS) is 12.2. The van der Waals surface area contributed by atoms with Gasteiger partial charge in [-0.1, -0.05) is 32.0 Å². The van der Waals surface area contributed by atoms with E-state index in [2.05, 4.69) is 19.2 Å². The van der Waals surface area contributed by atoms with Crippen molar-refractivity contribution in [2.75, 3.05) is 6.54 Å². The molecule has 0 radical (unpaired) electrons. The van der Waals surface area contributed by atoms with Crippen molar-refractivity contribution in [3.05, 3.63) is 54.0 Å². The summed E-state index contributed by atoms with van der Waals surface area (Å²) >= 11 is 0. The maximum Gasteiger partial charge on any atom is 0.260 e. The van der Waals surface area contributed by atoms with E-state index in [1.165, 1.54) is 0 Å². The van der Waals surface area contributed by atoms with E-state index >= 15 is 0 Å². The molecule has 0 aliphatic heterocycles. The number of nitrogens with one attached hydrogen (secondary N) is 1. The lowest BCUT2D eigenvalue weighted by molar-refractivity contribution is -0.127. The molecular weight excluding hydrogens is 290 g/mol. The van der Waals surface area contributed by atoms with E-state index < -0.39 is 6.10 Å². The number of para-hydroxylation sites is 1. The number of furan rings is 1. The smallest absolute Gasteiger partial charge is 0.260 e. The second-order valence-corrected chi connectivity index (χ2v) is 5.93. The molecule has 0 bridgehead atoms. The number of hydrogen-bond donors (Lipinski definition) is 1. The van der Waals surface area contributed by atoms with Gasteiger partial charge in [-0.2, -0.15) is 0 Å². The molecule has 124 valence electrons. The van der Waals surface area contributed by atoms with Gasteiger partial charge in [-0.05, 0) is 43.0 Å². The third kappa shape index (κ3) is 5.16. The van der Waals surface area contributed by atoms with Crippen LogP contribution in [0.5, 0.6) is 5.75 Å². The fourth-order valence-corrected chi connectivity index (χ4v) is 2.38. The molecule has 1 aromatic carbocycles. The number of amides is 1. The molecular formula is C19H25NO3. The van der Waals surface area contributed by atoms with Crippen LogP contribution in [-0.2, 0) is 11.2 Å². The predicted octanol–water partition coefficient (Wildman–Crippen LogP) is 3.92. The number of carbonyl (C=O) groups excluding carboxylic acids is 1. The molecule has 1 aromatic heterocycles. The Morgan fingerprint density at radius 3 is 2.65 bits per heavy atom. The Bertz CT molecular complexity index is 605. The first kappa shape index (κ1) is 17.1. The second kappa shape index (κ2) is 8.42. The Balaban J connectivity index is 1.78. The predicted molar refractivity (Wildman–Crippen MR) is 90.7 cm³/mol. The van der Waals surface area contributed by atoms with Gasteiger partial charge in [0.05, 0.1) is 6.26 Å². The van der Waals surface area contributed by atoms with Crippen LogP contribution in [0.15, 0.2) is 47.1 Å². The van der Waals surface area contributed by atoms with Crippen LogP contribution in [0.1, 0.15) is 44.4 Å². The van der Waals surface area contributed by atoms with Crippen molar-refractivity contribution in [1.82, 2.24) is 5.32 Å². The van der Waals surface area contributed by atoms with Crippen molar-refractivity contribution in [3.63, 3.8) is 0 Å². The molecule has 0 aliphatic carbocycles. The number of rotatable bonds is 8. The summed E-state index contributed by atoms with van der Waals surface area (Å²) in [5.41, 5.74) is 1.12. The number of ether oxygens (including phenoxy) is 1. The number of carbonyl (C=O) groups is 1. The van der Waals surface area contributed by atoms with E-state index in [4.69, 9.17) is 9.15 Å². The summed E-state index contributed by atoms with van der Waals surface area (Å²) < 4.78 is 11.1. The molecule has 0 saturated heterocycles. The average molecular weight is 315 g/mol. The number of aryl methyl sites for hydroxylation is 1. The summed E-state index contributed by atoms with van der Waals surface area (Å²) in [5, 5.41) is 2.91. The van der Waals surface area contributed by atoms with Crippen molar-refractivity contribution < 1.29 is 13.9 Å². The van der Waals surface area contributed by atoms with E-state index in [0.717, 1.165) is 29.9 Å². The zero-order valence-electron chi connectivity index (χ0n) is 14.0. The number of benzene rings is 1. The second-order valence-electron chi connectivity index (χ2n) is 5.93. The summed E-state index contributed by atoms with van der Waals surface area (Å²) in [6, 6.07) is 11.7. The van der Waals surface area contributed by atoms with Crippen LogP contribution in [0.4, 0.5) is 0 Å². The standard InChI is InChI=1S/C19H25NO3/c1-14(2)17-10-4-5-11-18(17)23-15(3)19(21)20-12-6-8-16-9-7-13-22-16/h4-5,7,9-11,13-15H,6,8,12H2,1-3H3,(H,20,21). The van der Waals surface area contributed by atoms with Gasteiger partial charge >= 0.3 is 0 Å². The van der Waals surface area contributed by atoms with Crippen LogP contribution < -0.4 is 10.1 Å². The molecule has 1 amide bonds. The molecule has 0 fully saturated rings. The minimum absolute atomic E-state index is 0.0944. The van der Waals surface area contributed by atoms with Crippen LogP contribution in [0.25, 0.3) is 0 Å². The van der Waals surface area contributed by atoms with Crippen molar-refractivity contribution in [1.29, 1.82) is 0 Å². The fourth-order valence-electron chi connectivity index (χ4n) is 2.38. The molecule has 4 nitrogen and oxygen atoms in total. The topological polar surface area (TPSA) is 51.5 Å². The van der Waals surface area contributed by atoms with Crippen LogP contribution in [0.3, 0.4) is 0 Å². The first-order chi connectivity index (χ1) is 11.1. The summed E-state index contributed by atoms with van der Waals surface area (Å²) in [6.45, 7) is 6.61. The lowest BCUT2D eigenvalue weighted by Gasteiger charge is -2.18. The highest BCUT2D eigenvalue weighted by Crippen LogP contribution is 2.26. The molecule has 4 heteroatoms. The fraction of sp³-hybridized carbons (Fsp3) is 0.421. The largest absolute Gasteiger partial charge is 0.481 e. The van der Waals surface area contributed by atoms with E-state index in [1.807, 2.05) is 36.4 Å². The zero-order valence-corrected chi connectivity index (χ0v) is 14.0. The van der Waals surface area contributed by atoms with Crippen LogP contribution in [0.2, 0.25) is 0 Å². The van der Waals surface area contributed by atoms with Gasteiger partial charge < -0.3 is 14.5 Å². The molecule has 23 heavy (non-hydrogen) atoms. The Labute approximate surface area is 137 Å². The highest BCUT2D eigenvalue weighted by atomic mass is 16.5. The van der Waals surface area contributed by atoms with Crippen molar-refractivity contribution in [2.45, 2.75) is 45.6 Å². The first-order valence-electron chi connectivity index (χ1n) is 8.13. The Morgan fingerprint density at radius 1 is 1.17 bits per heavy atom. The average Bonchev–Trinajstić information content (AvgIpc) is 3.05. The minimum atomic E-state index is -0.515. The Hall–Kier alpha value is -2.23. The summed E-state index contributed by atoms with van der Waals surface area (Å²) in [6.07, 6.45) is 2.81. The maximum absolute atomic E-state index is 12.1. The Kier molecular flexibility index (Phi) is 6.27. The van der Waals surface area contributed by atoms with Crippen LogP contribution in [-0.4, -0.2) is 18.6 Å². The molecule has 2 rings (SSSR count). The van der Waals surface area contributed by atoms with Gasteiger partial charge in [0.25, 0.3) is 5.91 Å². The van der Waals surface area contributed by atoms with Crippen molar-refractivity contribution in [3.8, 4) is 5.75 Å². The zero-order chi connectivity index (χ0) is 16.7. The SMILES string of the molecule is CC(Oc1ccccc1C(C)C)C(=O)NCCCc1ccco1. The monoisotopic (exact) mass is 315 g/mol. The summed E-state index contributed by atoms with van der Waals surface area (Å²) in [7, 11) is 0. The van der Waals surface area contributed by atoms with Gasteiger partial charge in [-0.3, -0.25) is 4.79 Å². The number of hydrogen-bond acceptors (Lipinski definition) is 3. The van der Waals surface area contributed by atoms with Gasteiger partial charge in [0, 0.05) is 13.0 Å². The van der Waals surface area contributed by atoms with E-state index in [0.29, 0.717) is 12.5 Å². The molecule has 1 heterocycles. The summed E-state index contributed by atoms with van der Waals surface area (Å²) in [4.78, 5) is 12.1. The molecule has 0 aliphatic rings. The first-order valence-corrected chi connectivity index (χ1v) is 8.13. The van der Waals surface area contributed by atoms with Gasteiger partial charge in [0.1, 0.15) is 11.5 Å². The molecule has 1 unspecified atom stereocenters. The maximum atomic E-state index is 12.1. The highest BCUT2D eigenvalue weighted by molar-refractivity contribution is 5.80. The van der Waals surface area contributed by atoms with Gasteiger partial charge in [0.2, 0.25) is 0 Å². The van der Waals surface area contributed by atoms with Crippen molar-refractivity contribution in [2.24, 2.45) is 0 Å². The highest BCUT2D eigenvalue weighted by Gasteiger charge is 2.16. The Morgan fingerprint density at radius 2 is 1.96 bits per heavy atom. The third-order valence-electron chi connectivity index (χ3n) is 3.69.